The average molecular weight is 328 g/mol. The Morgan fingerprint density at radius 1 is 0.550 bits per heavy atom. The highest BCUT2D eigenvalue weighted by atomic mass is 19.4. The molecule has 1 nitrogen and oxygen atoms in total. The van der Waals surface area contributed by atoms with Crippen molar-refractivity contribution in [2.75, 3.05) is 0 Å². The van der Waals surface area contributed by atoms with Gasteiger partial charge in [-0.25, -0.2) is 0 Å². The van der Waals surface area contributed by atoms with Crippen LogP contribution in [0, 0.1) is 0 Å². The Morgan fingerprint density at radius 3 is 1.10 bits per heavy atom. The molecule has 0 aromatic rings. The monoisotopic (exact) mass is 328 g/mol. The third-order valence-corrected chi connectivity index (χ3v) is 2.37. The van der Waals surface area contributed by atoms with Gasteiger partial charge < -0.3 is 4.74 Å². The summed E-state index contributed by atoms with van der Waals surface area (Å²) in [6.07, 6.45) is -3.80. The lowest BCUT2D eigenvalue weighted by Gasteiger charge is -2.29. The summed E-state index contributed by atoms with van der Waals surface area (Å²) in [7, 11) is 0. The van der Waals surface area contributed by atoms with Gasteiger partial charge in [-0.15, -0.1) is 0 Å². The first-order valence-corrected chi connectivity index (χ1v) is 4.18. The van der Waals surface area contributed by atoms with Crippen molar-refractivity contribution in [1.29, 1.82) is 0 Å². The quantitative estimate of drug-likeness (QED) is 0.544. The fourth-order valence-electron chi connectivity index (χ4n) is 1.29. The number of rotatable bonds is 2. The Labute approximate surface area is 100 Å². The maximum absolute atomic E-state index is 13.2. The molecule has 0 radical (unpaired) electrons. The van der Waals surface area contributed by atoms with Gasteiger partial charge in [-0.3, -0.25) is 0 Å². The summed E-state index contributed by atoms with van der Waals surface area (Å²) >= 11 is 0. The first-order valence-electron chi connectivity index (χ1n) is 4.18. The normalized spacial score (nSPS) is 28.0. The van der Waals surface area contributed by atoms with E-state index in [1.165, 1.54) is 0 Å². The minimum atomic E-state index is -7.02. The predicted molar refractivity (Wildman–Crippen MR) is 35.1 cm³/mol. The van der Waals surface area contributed by atoms with Crippen molar-refractivity contribution in [3.8, 4) is 0 Å². The molecule has 1 aliphatic rings. The summed E-state index contributed by atoms with van der Waals surface area (Å²) in [4.78, 5) is 0. The molecular formula is C7F12O. The van der Waals surface area contributed by atoms with Crippen LogP contribution in [0.25, 0.3) is 0 Å². The number of halogens is 12. The summed E-state index contributed by atoms with van der Waals surface area (Å²) in [5.74, 6) is -34.8. The zero-order valence-corrected chi connectivity index (χ0v) is 8.44. The lowest BCUT2D eigenvalue weighted by Crippen LogP contribution is -2.56. The minimum absolute atomic E-state index is 2.10. The Balaban J connectivity index is 3.57. The van der Waals surface area contributed by atoms with Gasteiger partial charge in [0.1, 0.15) is 0 Å². The molecule has 1 rings (SSSR count). The fraction of sp³-hybridized carbons (Fsp3) is 0.714. The summed E-state index contributed by atoms with van der Waals surface area (Å²) < 4.78 is 151. The van der Waals surface area contributed by atoms with E-state index in [2.05, 4.69) is 4.74 Å². The van der Waals surface area contributed by atoms with Gasteiger partial charge in [0.15, 0.2) is 0 Å². The Bertz CT molecular complexity index is 421. The Hall–Kier alpha value is -1.30. The summed E-state index contributed by atoms with van der Waals surface area (Å²) in [6, 6.07) is -3.76. The molecule has 118 valence electrons. The molecule has 13 heteroatoms. The van der Waals surface area contributed by atoms with Gasteiger partial charge in [-0.05, 0) is 0 Å². The summed E-state index contributed by atoms with van der Waals surface area (Å²) in [5, 5.41) is 0. The first-order chi connectivity index (χ1) is 8.58. The van der Waals surface area contributed by atoms with Gasteiger partial charge in [0.2, 0.25) is 0 Å². The van der Waals surface area contributed by atoms with E-state index in [0.29, 0.717) is 0 Å². The Morgan fingerprint density at radius 2 is 0.850 bits per heavy atom. The molecule has 0 bridgehead atoms. The molecule has 0 spiro atoms. The first kappa shape index (κ1) is 16.8. The zero-order valence-electron chi connectivity index (χ0n) is 8.44. The molecule has 0 saturated heterocycles. The molecule has 0 aliphatic heterocycles. The minimum Gasteiger partial charge on any atom is -0.418 e. The van der Waals surface area contributed by atoms with E-state index in [-0.39, 0.29) is 0 Å². The van der Waals surface area contributed by atoms with Crippen molar-refractivity contribution in [2.24, 2.45) is 0 Å². The molecule has 0 aromatic carbocycles. The van der Waals surface area contributed by atoms with Crippen LogP contribution >= 0.6 is 0 Å². The third-order valence-electron chi connectivity index (χ3n) is 2.37. The lowest BCUT2D eigenvalue weighted by atomic mass is 10.1. The molecule has 1 saturated carbocycles. The molecular weight excluding hydrogens is 328 g/mol. The SMILES string of the molecule is FC(F)=C(F)OC1(F)C(F)(F)C(F)(F)C(F)(F)C1(F)F. The number of hydrogen-bond donors (Lipinski definition) is 0. The van der Waals surface area contributed by atoms with Gasteiger partial charge in [0.25, 0.3) is 0 Å². The molecule has 1 aliphatic carbocycles. The van der Waals surface area contributed by atoms with Crippen LogP contribution in [0.3, 0.4) is 0 Å². The molecule has 20 heavy (non-hydrogen) atoms. The van der Waals surface area contributed by atoms with Gasteiger partial charge in [0, 0.05) is 0 Å². The molecule has 0 heterocycles. The highest BCUT2D eigenvalue weighted by Crippen LogP contribution is 2.69. The smallest absolute Gasteiger partial charge is 0.391 e. The second-order valence-electron chi connectivity index (χ2n) is 3.53. The van der Waals surface area contributed by atoms with Crippen molar-refractivity contribution in [1.82, 2.24) is 0 Å². The van der Waals surface area contributed by atoms with Crippen LogP contribution in [0.2, 0.25) is 0 Å². The predicted octanol–water partition coefficient (Wildman–Crippen LogP) is 4.26. The van der Waals surface area contributed by atoms with Crippen molar-refractivity contribution < 1.29 is 57.4 Å². The van der Waals surface area contributed by atoms with E-state index >= 15 is 0 Å². The van der Waals surface area contributed by atoms with Gasteiger partial charge >= 0.3 is 41.6 Å². The maximum atomic E-state index is 13.2. The molecule has 1 fully saturated rings. The van der Waals surface area contributed by atoms with E-state index in [9.17, 15) is 52.7 Å². The van der Waals surface area contributed by atoms with Crippen molar-refractivity contribution in [3.05, 3.63) is 12.1 Å². The van der Waals surface area contributed by atoms with E-state index < -0.39 is 41.6 Å². The highest BCUT2D eigenvalue weighted by molar-refractivity contribution is 5.24. The Kier molecular flexibility index (Phi) is 3.24. The maximum Gasteiger partial charge on any atom is 0.391 e. The molecule has 0 N–H and O–H groups in total. The van der Waals surface area contributed by atoms with Crippen LogP contribution in [-0.2, 0) is 4.74 Å². The van der Waals surface area contributed by atoms with E-state index in [0.717, 1.165) is 0 Å². The van der Waals surface area contributed by atoms with E-state index in [1.807, 2.05) is 0 Å². The number of alkyl halides is 9. The van der Waals surface area contributed by atoms with Crippen molar-refractivity contribution in [2.45, 2.75) is 29.5 Å². The van der Waals surface area contributed by atoms with Crippen LogP contribution < -0.4 is 0 Å². The van der Waals surface area contributed by atoms with Gasteiger partial charge in [0.05, 0.1) is 0 Å². The lowest BCUT2D eigenvalue weighted by molar-refractivity contribution is -0.350. The second kappa shape index (κ2) is 3.87. The average Bonchev–Trinajstić information content (AvgIpc) is 2.30. The van der Waals surface area contributed by atoms with Crippen LogP contribution in [0.4, 0.5) is 52.7 Å². The van der Waals surface area contributed by atoms with Crippen molar-refractivity contribution >= 4 is 0 Å². The van der Waals surface area contributed by atoms with E-state index in [1.54, 1.807) is 0 Å². The second-order valence-corrected chi connectivity index (χ2v) is 3.53. The van der Waals surface area contributed by atoms with Gasteiger partial charge in [-0.2, -0.15) is 52.7 Å². The fourth-order valence-corrected chi connectivity index (χ4v) is 1.29. The molecule has 0 amide bonds. The van der Waals surface area contributed by atoms with Crippen LogP contribution in [0.5, 0.6) is 0 Å². The van der Waals surface area contributed by atoms with Gasteiger partial charge in [-0.1, -0.05) is 0 Å². The standard InChI is InChI=1S/C7F12O/c8-1(9)2(10)20-7(19)5(15,16)3(11,12)4(13,14)6(7,17)18. The van der Waals surface area contributed by atoms with Crippen LogP contribution in [-0.4, -0.2) is 29.5 Å². The number of hydrogen-bond acceptors (Lipinski definition) is 1. The summed E-state index contributed by atoms with van der Waals surface area (Å²) in [5.41, 5.74) is 0. The largest absolute Gasteiger partial charge is 0.418 e. The van der Waals surface area contributed by atoms with Crippen molar-refractivity contribution in [3.63, 3.8) is 0 Å². The summed E-state index contributed by atoms with van der Waals surface area (Å²) in [6.45, 7) is 0. The molecule has 0 unspecified atom stereocenters. The highest BCUT2D eigenvalue weighted by Gasteiger charge is 3.03. The molecule has 0 atom stereocenters. The zero-order chi connectivity index (χ0) is 16.4. The molecule has 0 aromatic heterocycles. The third kappa shape index (κ3) is 1.48. The van der Waals surface area contributed by atoms with Crippen LogP contribution in [0.15, 0.2) is 12.1 Å². The number of ether oxygens (including phenoxy) is 1. The van der Waals surface area contributed by atoms with Crippen LogP contribution in [0.1, 0.15) is 0 Å². The van der Waals surface area contributed by atoms with E-state index in [4.69, 9.17) is 0 Å². The topological polar surface area (TPSA) is 9.23 Å².